The van der Waals surface area contributed by atoms with Crippen LogP contribution in [-0.2, 0) is 0 Å². The molecule has 0 aliphatic carbocycles. The van der Waals surface area contributed by atoms with Crippen LogP contribution in [0.2, 0.25) is 0 Å². The van der Waals surface area contributed by atoms with Gasteiger partial charge < -0.3 is 5.32 Å². The van der Waals surface area contributed by atoms with Crippen molar-refractivity contribution in [1.82, 2.24) is 5.32 Å². The van der Waals surface area contributed by atoms with Gasteiger partial charge in [0.25, 0.3) is 0 Å². The van der Waals surface area contributed by atoms with Crippen LogP contribution < -0.4 is 5.32 Å². The third-order valence-corrected chi connectivity index (χ3v) is 2.82. The normalized spacial score (nSPS) is 23.6. The highest BCUT2D eigenvalue weighted by Crippen LogP contribution is 2.25. The highest BCUT2D eigenvalue weighted by molar-refractivity contribution is 5.17. The van der Waals surface area contributed by atoms with Crippen molar-refractivity contribution in [3.63, 3.8) is 0 Å². The first-order chi connectivity index (χ1) is 6.86. The molecule has 1 aromatic carbocycles. The minimum Gasteiger partial charge on any atom is -0.314 e. The van der Waals surface area contributed by atoms with Crippen molar-refractivity contribution in [1.29, 1.82) is 0 Å². The molecule has 0 amide bonds. The monoisotopic (exact) mass is 193 g/mol. The van der Waals surface area contributed by atoms with Crippen molar-refractivity contribution in [2.75, 3.05) is 6.54 Å². The van der Waals surface area contributed by atoms with E-state index in [1.54, 1.807) is 0 Å². The zero-order valence-corrected chi connectivity index (χ0v) is 8.25. The summed E-state index contributed by atoms with van der Waals surface area (Å²) < 4.78 is 13.7. The third kappa shape index (κ3) is 2.32. The van der Waals surface area contributed by atoms with Gasteiger partial charge in [-0.1, -0.05) is 30.3 Å². The number of halogens is 1. The second kappa shape index (κ2) is 4.56. The molecule has 1 fully saturated rings. The van der Waals surface area contributed by atoms with E-state index in [2.05, 4.69) is 5.32 Å². The Morgan fingerprint density at radius 2 is 2.14 bits per heavy atom. The van der Waals surface area contributed by atoms with Crippen LogP contribution in [0, 0.1) is 0 Å². The Kier molecular flexibility index (Phi) is 3.14. The zero-order valence-electron chi connectivity index (χ0n) is 8.25. The summed E-state index contributed by atoms with van der Waals surface area (Å²) in [7, 11) is 0. The fourth-order valence-electron chi connectivity index (χ4n) is 2.01. The molecule has 1 heterocycles. The Hall–Kier alpha value is -0.890. The van der Waals surface area contributed by atoms with E-state index in [-0.39, 0.29) is 0 Å². The lowest BCUT2D eigenvalue weighted by atomic mass is 10.0. The van der Waals surface area contributed by atoms with E-state index < -0.39 is 6.17 Å². The first kappa shape index (κ1) is 9.66. The van der Waals surface area contributed by atoms with Crippen LogP contribution >= 0.6 is 0 Å². The first-order valence-corrected chi connectivity index (χ1v) is 5.28. The standard InChI is InChI=1S/C12H16FN/c13-12(9-11-7-4-8-14-11)10-5-2-1-3-6-10/h1-3,5-6,11-12,14H,4,7-9H2. The molecule has 0 aromatic heterocycles. The van der Waals surface area contributed by atoms with E-state index in [0.29, 0.717) is 12.5 Å². The lowest BCUT2D eigenvalue weighted by Gasteiger charge is -2.13. The number of nitrogens with one attached hydrogen (secondary N) is 1. The quantitative estimate of drug-likeness (QED) is 0.778. The van der Waals surface area contributed by atoms with Gasteiger partial charge in [0.2, 0.25) is 0 Å². The van der Waals surface area contributed by atoms with Crippen LogP contribution in [0.3, 0.4) is 0 Å². The van der Waals surface area contributed by atoms with Crippen molar-refractivity contribution in [2.45, 2.75) is 31.5 Å². The predicted octanol–water partition coefficient (Wildman–Crippen LogP) is 2.84. The number of hydrogen-bond acceptors (Lipinski definition) is 1. The molecule has 76 valence electrons. The highest BCUT2D eigenvalue weighted by Gasteiger charge is 2.19. The van der Waals surface area contributed by atoms with Gasteiger partial charge in [-0.05, 0) is 31.4 Å². The molecule has 0 bridgehead atoms. The van der Waals surface area contributed by atoms with Crippen LogP contribution in [0.5, 0.6) is 0 Å². The summed E-state index contributed by atoms with van der Waals surface area (Å²) in [4.78, 5) is 0. The summed E-state index contributed by atoms with van der Waals surface area (Å²) in [6, 6.07) is 9.81. The Bertz CT molecular complexity index is 267. The number of benzene rings is 1. The molecule has 1 N–H and O–H groups in total. The van der Waals surface area contributed by atoms with E-state index in [4.69, 9.17) is 0 Å². The summed E-state index contributed by atoms with van der Waals surface area (Å²) in [5, 5.41) is 3.32. The van der Waals surface area contributed by atoms with Gasteiger partial charge >= 0.3 is 0 Å². The maximum atomic E-state index is 13.7. The molecule has 2 heteroatoms. The third-order valence-electron chi connectivity index (χ3n) is 2.82. The van der Waals surface area contributed by atoms with Gasteiger partial charge in [-0.15, -0.1) is 0 Å². The predicted molar refractivity (Wildman–Crippen MR) is 55.9 cm³/mol. The molecular formula is C12H16FN. The summed E-state index contributed by atoms with van der Waals surface area (Å²) >= 11 is 0. The van der Waals surface area contributed by atoms with Crippen molar-refractivity contribution in [3.8, 4) is 0 Å². The van der Waals surface area contributed by atoms with Crippen molar-refractivity contribution in [3.05, 3.63) is 35.9 Å². The van der Waals surface area contributed by atoms with E-state index in [0.717, 1.165) is 18.5 Å². The Morgan fingerprint density at radius 1 is 1.36 bits per heavy atom. The molecule has 1 saturated heterocycles. The van der Waals surface area contributed by atoms with Crippen molar-refractivity contribution >= 4 is 0 Å². The van der Waals surface area contributed by atoms with Crippen molar-refractivity contribution in [2.24, 2.45) is 0 Å². The van der Waals surface area contributed by atoms with Gasteiger partial charge in [-0.3, -0.25) is 0 Å². The van der Waals surface area contributed by atoms with Gasteiger partial charge in [0.05, 0.1) is 0 Å². The maximum absolute atomic E-state index is 13.7. The van der Waals surface area contributed by atoms with Crippen LogP contribution in [0.4, 0.5) is 4.39 Å². The van der Waals surface area contributed by atoms with Crippen LogP contribution in [0.1, 0.15) is 31.0 Å². The Morgan fingerprint density at radius 3 is 2.79 bits per heavy atom. The zero-order chi connectivity index (χ0) is 9.80. The van der Waals surface area contributed by atoms with Gasteiger partial charge in [0.15, 0.2) is 0 Å². The second-order valence-electron chi connectivity index (χ2n) is 3.91. The molecule has 0 radical (unpaired) electrons. The van der Waals surface area contributed by atoms with Gasteiger partial charge in [0, 0.05) is 6.04 Å². The van der Waals surface area contributed by atoms with Crippen LogP contribution in [0.15, 0.2) is 30.3 Å². The molecule has 1 aliphatic heterocycles. The number of alkyl halides is 1. The molecule has 1 nitrogen and oxygen atoms in total. The summed E-state index contributed by atoms with van der Waals surface area (Å²) in [6.07, 6.45) is 2.11. The fraction of sp³-hybridized carbons (Fsp3) is 0.500. The first-order valence-electron chi connectivity index (χ1n) is 5.28. The molecular weight excluding hydrogens is 177 g/mol. The molecule has 1 aromatic rings. The van der Waals surface area contributed by atoms with Gasteiger partial charge in [0.1, 0.15) is 6.17 Å². The minimum absolute atomic E-state index is 0.380. The largest absolute Gasteiger partial charge is 0.314 e. The number of hydrogen-bond donors (Lipinski definition) is 1. The average Bonchev–Trinajstić information content (AvgIpc) is 2.72. The number of rotatable bonds is 3. The van der Waals surface area contributed by atoms with Gasteiger partial charge in [-0.25, -0.2) is 4.39 Å². The van der Waals surface area contributed by atoms with Crippen LogP contribution in [0.25, 0.3) is 0 Å². The second-order valence-corrected chi connectivity index (χ2v) is 3.91. The fourth-order valence-corrected chi connectivity index (χ4v) is 2.01. The molecule has 2 unspecified atom stereocenters. The molecule has 2 atom stereocenters. The van der Waals surface area contributed by atoms with Gasteiger partial charge in [-0.2, -0.15) is 0 Å². The van der Waals surface area contributed by atoms with Crippen molar-refractivity contribution < 1.29 is 4.39 Å². The molecule has 1 aliphatic rings. The Labute approximate surface area is 84.3 Å². The van der Waals surface area contributed by atoms with Crippen LogP contribution in [-0.4, -0.2) is 12.6 Å². The van der Waals surface area contributed by atoms with E-state index in [9.17, 15) is 4.39 Å². The van der Waals surface area contributed by atoms with E-state index in [1.807, 2.05) is 30.3 Å². The summed E-state index contributed by atoms with van der Waals surface area (Å²) in [5.41, 5.74) is 0.807. The molecule has 0 saturated carbocycles. The Balaban J connectivity index is 1.92. The topological polar surface area (TPSA) is 12.0 Å². The molecule has 2 rings (SSSR count). The molecule has 0 spiro atoms. The lowest BCUT2D eigenvalue weighted by molar-refractivity contribution is 0.293. The van der Waals surface area contributed by atoms with E-state index in [1.165, 1.54) is 6.42 Å². The average molecular weight is 193 g/mol. The SMILES string of the molecule is FC(CC1CCCN1)c1ccccc1. The maximum Gasteiger partial charge on any atom is 0.127 e. The minimum atomic E-state index is -0.813. The van der Waals surface area contributed by atoms with E-state index >= 15 is 0 Å². The summed E-state index contributed by atoms with van der Waals surface area (Å²) in [6.45, 7) is 1.05. The lowest BCUT2D eigenvalue weighted by Crippen LogP contribution is -2.22. The smallest absolute Gasteiger partial charge is 0.127 e. The molecule has 14 heavy (non-hydrogen) atoms. The summed E-state index contributed by atoms with van der Waals surface area (Å²) in [5.74, 6) is 0. The highest BCUT2D eigenvalue weighted by atomic mass is 19.1.